The van der Waals surface area contributed by atoms with Gasteiger partial charge in [-0.25, -0.2) is 4.98 Å². The first-order valence-corrected chi connectivity index (χ1v) is 9.42. The molecule has 24 heavy (non-hydrogen) atoms. The van der Waals surface area contributed by atoms with E-state index in [-0.39, 0.29) is 15.8 Å². The van der Waals surface area contributed by atoms with E-state index in [1.54, 1.807) is 18.2 Å². The summed E-state index contributed by atoms with van der Waals surface area (Å²) in [6, 6.07) is 7.84. The van der Waals surface area contributed by atoms with Crippen molar-refractivity contribution in [3.05, 3.63) is 53.0 Å². The summed E-state index contributed by atoms with van der Waals surface area (Å²) in [6.45, 7) is 0. The second-order valence-electron chi connectivity index (χ2n) is 5.72. The molecule has 0 fully saturated rings. The number of aryl methyl sites for hydroxylation is 2. The van der Waals surface area contributed by atoms with Crippen LogP contribution in [0.1, 0.15) is 24.2 Å². The van der Waals surface area contributed by atoms with Gasteiger partial charge in [0.05, 0.1) is 6.20 Å². The summed E-state index contributed by atoms with van der Waals surface area (Å²) >= 11 is 5.69. The number of hydrogen-bond donors (Lipinski definition) is 0. The summed E-state index contributed by atoms with van der Waals surface area (Å²) in [7, 11) is -3.95. The van der Waals surface area contributed by atoms with Crippen molar-refractivity contribution >= 4 is 32.7 Å². The van der Waals surface area contributed by atoms with Crippen LogP contribution in [-0.4, -0.2) is 13.4 Å². The number of pyridine rings is 1. The molecule has 0 aliphatic heterocycles. The summed E-state index contributed by atoms with van der Waals surface area (Å²) < 4.78 is 35.8. The monoisotopic (exact) mass is 363 g/mol. The van der Waals surface area contributed by atoms with Gasteiger partial charge >= 0.3 is 10.1 Å². The van der Waals surface area contributed by atoms with Crippen LogP contribution in [0.3, 0.4) is 0 Å². The van der Waals surface area contributed by atoms with E-state index < -0.39 is 10.1 Å². The fourth-order valence-corrected chi connectivity index (χ4v) is 3.96. The van der Waals surface area contributed by atoms with Crippen LogP contribution >= 0.6 is 11.6 Å². The molecule has 5 nitrogen and oxygen atoms in total. The standard InChI is InChI=1S/C17H14ClNO4S/c18-17-8-6-12(10-19-17)24(20,21)23-11-5-7-16-14(9-11)13-3-1-2-4-15(13)22-16/h5-10H,1-4H2. The van der Waals surface area contributed by atoms with Gasteiger partial charge in [0.25, 0.3) is 0 Å². The summed E-state index contributed by atoms with van der Waals surface area (Å²) in [5.74, 6) is 1.25. The molecule has 124 valence electrons. The lowest BCUT2D eigenvalue weighted by atomic mass is 9.96. The third-order valence-electron chi connectivity index (χ3n) is 4.12. The van der Waals surface area contributed by atoms with Crippen molar-refractivity contribution in [2.24, 2.45) is 0 Å². The van der Waals surface area contributed by atoms with E-state index in [1.807, 2.05) is 0 Å². The van der Waals surface area contributed by atoms with E-state index in [0.717, 1.165) is 48.0 Å². The van der Waals surface area contributed by atoms with Gasteiger partial charge < -0.3 is 8.60 Å². The van der Waals surface area contributed by atoms with Crippen LogP contribution in [0, 0.1) is 0 Å². The van der Waals surface area contributed by atoms with Crippen molar-refractivity contribution in [3.8, 4) is 5.75 Å². The maximum atomic E-state index is 12.3. The number of furan rings is 1. The number of benzene rings is 1. The normalized spacial score (nSPS) is 14.5. The Hall–Kier alpha value is -2.05. The Bertz CT molecular complexity index is 1010. The Labute approximate surface area is 144 Å². The molecule has 2 aromatic heterocycles. The van der Waals surface area contributed by atoms with Gasteiger partial charge in [-0.05, 0) is 49.6 Å². The molecular weight excluding hydrogens is 350 g/mol. The van der Waals surface area contributed by atoms with Crippen LogP contribution in [0.2, 0.25) is 5.15 Å². The summed E-state index contributed by atoms with van der Waals surface area (Å²) in [5, 5.41) is 1.15. The Kier molecular flexibility index (Phi) is 3.73. The topological polar surface area (TPSA) is 69.4 Å². The number of rotatable bonds is 3. The smallest absolute Gasteiger partial charge is 0.340 e. The van der Waals surface area contributed by atoms with Crippen molar-refractivity contribution in [2.45, 2.75) is 30.6 Å². The number of fused-ring (bicyclic) bond motifs is 3. The fraction of sp³-hybridized carbons (Fsp3) is 0.235. The average molecular weight is 364 g/mol. The lowest BCUT2D eigenvalue weighted by Gasteiger charge is -2.09. The van der Waals surface area contributed by atoms with Crippen molar-refractivity contribution in [1.82, 2.24) is 4.98 Å². The first kappa shape index (κ1) is 15.5. The summed E-state index contributed by atoms with van der Waals surface area (Å²) in [5.41, 5.74) is 1.92. The summed E-state index contributed by atoms with van der Waals surface area (Å²) in [4.78, 5) is 3.74. The Morgan fingerprint density at radius 3 is 2.75 bits per heavy atom. The average Bonchev–Trinajstić information content (AvgIpc) is 2.93. The minimum Gasteiger partial charge on any atom is -0.461 e. The van der Waals surface area contributed by atoms with Gasteiger partial charge in [0, 0.05) is 17.4 Å². The highest BCUT2D eigenvalue weighted by Gasteiger charge is 2.21. The zero-order valence-electron chi connectivity index (χ0n) is 12.7. The van der Waals surface area contributed by atoms with Gasteiger partial charge in [-0.1, -0.05) is 11.6 Å². The van der Waals surface area contributed by atoms with Crippen molar-refractivity contribution < 1.29 is 17.0 Å². The molecule has 0 saturated carbocycles. The van der Waals surface area contributed by atoms with E-state index in [9.17, 15) is 8.42 Å². The minimum atomic E-state index is -3.95. The van der Waals surface area contributed by atoms with Crippen LogP contribution in [0.5, 0.6) is 5.75 Å². The van der Waals surface area contributed by atoms with Gasteiger partial charge in [0.2, 0.25) is 0 Å². The highest BCUT2D eigenvalue weighted by Crippen LogP contribution is 2.34. The van der Waals surface area contributed by atoms with Gasteiger partial charge in [-0.15, -0.1) is 0 Å². The molecule has 0 bridgehead atoms. The number of halogens is 1. The maximum absolute atomic E-state index is 12.3. The molecule has 0 unspecified atom stereocenters. The number of aromatic nitrogens is 1. The van der Waals surface area contributed by atoms with Crippen LogP contribution < -0.4 is 4.18 Å². The fourth-order valence-electron chi connectivity index (χ4n) is 2.98. The molecule has 7 heteroatoms. The molecular formula is C17H14ClNO4S. The molecule has 4 rings (SSSR count). The molecule has 3 aromatic rings. The van der Waals surface area contributed by atoms with Crippen LogP contribution in [-0.2, 0) is 23.0 Å². The molecule has 2 heterocycles. The molecule has 0 spiro atoms. The Morgan fingerprint density at radius 1 is 1.12 bits per heavy atom. The first-order chi connectivity index (χ1) is 11.5. The highest BCUT2D eigenvalue weighted by atomic mass is 35.5. The van der Waals surface area contributed by atoms with Crippen molar-refractivity contribution in [1.29, 1.82) is 0 Å². The number of nitrogens with zero attached hydrogens (tertiary/aromatic N) is 1. The minimum absolute atomic E-state index is 0.0405. The lowest BCUT2D eigenvalue weighted by Crippen LogP contribution is -2.10. The van der Waals surface area contributed by atoms with Crippen LogP contribution in [0.4, 0.5) is 0 Å². The Morgan fingerprint density at radius 2 is 1.96 bits per heavy atom. The molecule has 0 amide bonds. The highest BCUT2D eigenvalue weighted by molar-refractivity contribution is 7.87. The molecule has 0 atom stereocenters. The van der Waals surface area contributed by atoms with E-state index in [0.29, 0.717) is 0 Å². The predicted molar refractivity (Wildman–Crippen MR) is 89.9 cm³/mol. The molecule has 1 aliphatic rings. The lowest BCUT2D eigenvalue weighted by molar-refractivity contribution is 0.485. The second-order valence-corrected chi connectivity index (χ2v) is 7.66. The number of hydrogen-bond acceptors (Lipinski definition) is 5. The van der Waals surface area contributed by atoms with Crippen molar-refractivity contribution in [2.75, 3.05) is 0 Å². The van der Waals surface area contributed by atoms with E-state index in [1.165, 1.54) is 18.3 Å². The zero-order valence-corrected chi connectivity index (χ0v) is 14.2. The Balaban J connectivity index is 1.70. The first-order valence-electron chi connectivity index (χ1n) is 7.63. The maximum Gasteiger partial charge on any atom is 0.340 e. The van der Waals surface area contributed by atoms with Gasteiger partial charge in [-0.3, -0.25) is 0 Å². The molecule has 0 saturated heterocycles. The van der Waals surface area contributed by atoms with E-state index in [4.69, 9.17) is 20.2 Å². The second kappa shape index (κ2) is 5.79. The van der Waals surface area contributed by atoms with Crippen LogP contribution in [0.15, 0.2) is 45.8 Å². The predicted octanol–water partition coefficient (Wildman–Crippen LogP) is 4.13. The van der Waals surface area contributed by atoms with E-state index in [2.05, 4.69) is 4.98 Å². The molecule has 1 aromatic carbocycles. The quantitative estimate of drug-likeness (QED) is 0.517. The van der Waals surface area contributed by atoms with Crippen LogP contribution in [0.25, 0.3) is 11.0 Å². The molecule has 1 aliphatic carbocycles. The van der Waals surface area contributed by atoms with Crippen molar-refractivity contribution in [3.63, 3.8) is 0 Å². The van der Waals surface area contributed by atoms with Gasteiger partial charge in [0.1, 0.15) is 27.1 Å². The van der Waals surface area contributed by atoms with Gasteiger partial charge in [-0.2, -0.15) is 8.42 Å². The largest absolute Gasteiger partial charge is 0.461 e. The third kappa shape index (κ3) is 2.76. The van der Waals surface area contributed by atoms with Gasteiger partial charge in [0.15, 0.2) is 0 Å². The SMILES string of the molecule is O=S(=O)(Oc1ccc2oc3c(c2c1)CCCC3)c1ccc(Cl)nc1. The zero-order chi connectivity index (χ0) is 16.7. The summed E-state index contributed by atoms with van der Waals surface area (Å²) in [6.07, 6.45) is 5.28. The van der Waals surface area contributed by atoms with E-state index >= 15 is 0 Å². The third-order valence-corrected chi connectivity index (χ3v) is 5.58. The molecule has 0 N–H and O–H groups in total. The molecule has 0 radical (unpaired) electrons.